The van der Waals surface area contributed by atoms with Crippen LogP contribution in [0, 0.1) is 5.92 Å². The highest BCUT2D eigenvalue weighted by Crippen LogP contribution is 2.36. The van der Waals surface area contributed by atoms with E-state index >= 15 is 0 Å². The summed E-state index contributed by atoms with van der Waals surface area (Å²) in [5.41, 5.74) is 5.90. The molecule has 1 unspecified atom stereocenters. The smallest absolute Gasteiger partial charge is 0.228 e. The fourth-order valence-electron chi connectivity index (χ4n) is 1.31. The second-order valence-corrected chi connectivity index (χ2v) is 4.22. The van der Waals surface area contributed by atoms with E-state index in [0.717, 1.165) is 0 Å². The number of carbonyl (C=O) groups is 1. The zero-order valence-corrected chi connectivity index (χ0v) is 11.4. The monoisotopic (exact) mass is 272 g/mol. The molecule has 18 heavy (non-hydrogen) atoms. The molecule has 1 aromatic carbocycles. The van der Waals surface area contributed by atoms with Gasteiger partial charge in [-0.1, -0.05) is 18.5 Å². The minimum atomic E-state index is -0.283. The Morgan fingerprint density at radius 3 is 2.44 bits per heavy atom. The first-order valence-corrected chi connectivity index (χ1v) is 5.83. The summed E-state index contributed by atoms with van der Waals surface area (Å²) in [6.45, 7) is 2.01. The predicted molar refractivity (Wildman–Crippen MR) is 71.4 cm³/mol. The highest BCUT2D eigenvalue weighted by molar-refractivity contribution is 6.34. The van der Waals surface area contributed by atoms with Crippen LogP contribution in [0.3, 0.4) is 0 Å². The fourth-order valence-corrected chi connectivity index (χ4v) is 1.51. The van der Waals surface area contributed by atoms with Crippen molar-refractivity contribution < 1.29 is 14.3 Å². The van der Waals surface area contributed by atoms with Crippen LogP contribution in [0.25, 0.3) is 0 Å². The van der Waals surface area contributed by atoms with E-state index < -0.39 is 0 Å². The van der Waals surface area contributed by atoms with Gasteiger partial charge in [0.1, 0.15) is 0 Å². The van der Waals surface area contributed by atoms with Crippen molar-refractivity contribution in [3.8, 4) is 11.5 Å². The first kappa shape index (κ1) is 14.6. The summed E-state index contributed by atoms with van der Waals surface area (Å²) in [5.74, 6) is 0.533. The van der Waals surface area contributed by atoms with Gasteiger partial charge in [-0.25, -0.2) is 0 Å². The zero-order valence-electron chi connectivity index (χ0n) is 10.6. The Morgan fingerprint density at radius 2 is 1.94 bits per heavy atom. The van der Waals surface area contributed by atoms with Crippen LogP contribution in [0.4, 0.5) is 5.69 Å². The average molecular weight is 273 g/mol. The maximum Gasteiger partial charge on any atom is 0.228 e. The number of anilines is 1. The van der Waals surface area contributed by atoms with Gasteiger partial charge in [-0.15, -0.1) is 0 Å². The molecule has 0 heterocycles. The lowest BCUT2D eigenvalue weighted by molar-refractivity contribution is -0.119. The molecule has 100 valence electrons. The highest BCUT2D eigenvalue weighted by atomic mass is 35.5. The molecule has 1 atom stereocenters. The van der Waals surface area contributed by atoms with E-state index in [-0.39, 0.29) is 18.4 Å². The molecule has 0 fully saturated rings. The largest absolute Gasteiger partial charge is 0.493 e. The number of ether oxygens (including phenoxy) is 2. The standard InChI is InChI=1S/C12H17ClN2O3/c1-7(6-14)12(16)15-9-5-11(18-3)10(17-2)4-8(9)13/h4-5,7H,6,14H2,1-3H3,(H,15,16). The predicted octanol–water partition coefficient (Wildman–Crippen LogP) is 1.89. The van der Waals surface area contributed by atoms with Gasteiger partial charge in [0.2, 0.25) is 5.91 Å². The number of nitrogens with one attached hydrogen (secondary N) is 1. The molecular weight excluding hydrogens is 256 g/mol. The summed E-state index contributed by atoms with van der Waals surface area (Å²) in [6, 6.07) is 3.20. The molecule has 0 bridgehead atoms. The third kappa shape index (κ3) is 3.27. The summed E-state index contributed by atoms with van der Waals surface area (Å²) in [6.07, 6.45) is 0. The summed E-state index contributed by atoms with van der Waals surface area (Å²) in [7, 11) is 3.03. The van der Waals surface area contributed by atoms with Gasteiger partial charge in [0, 0.05) is 24.6 Å². The molecule has 0 saturated carbocycles. The fraction of sp³-hybridized carbons (Fsp3) is 0.417. The summed E-state index contributed by atoms with van der Waals surface area (Å²) in [5, 5.41) is 3.08. The van der Waals surface area contributed by atoms with E-state index in [4.69, 9.17) is 26.8 Å². The molecule has 3 N–H and O–H groups in total. The van der Waals surface area contributed by atoms with Crippen LogP contribution < -0.4 is 20.5 Å². The van der Waals surface area contributed by atoms with Gasteiger partial charge in [0.25, 0.3) is 0 Å². The highest BCUT2D eigenvalue weighted by Gasteiger charge is 2.15. The van der Waals surface area contributed by atoms with Crippen molar-refractivity contribution in [1.29, 1.82) is 0 Å². The summed E-state index contributed by atoms with van der Waals surface area (Å²) >= 11 is 6.05. The molecule has 0 aliphatic rings. The molecule has 1 rings (SSSR count). The van der Waals surface area contributed by atoms with E-state index in [9.17, 15) is 4.79 Å². The van der Waals surface area contributed by atoms with E-state index in [1.165, 1.54) is 14.2 Å². The third-order valence-electron chi connectivity index (χ3n) is 2.53. The Balaban J connectivity index is 2.99. The van der Waals surface area contributed by atoms with Crippen molar-refractivity contribution in [3.05, 3.63) is 17.2 Å². The van der Waals surface area contributed by atoms with Crippen molar-refractivity contribution in [2.45, 2.75) is 6.92 Å². The number of halogens is 1. The molecule has 0 spiro atoms. The number of nitrogens with two attached hydrogens (primary N) is 1. The lowest BCUT2D eigenvalue weighted by Crippen LogP contribution is -2.26. The van der Waals surface area contributed by atoms with Crippen molar-refractivity contribution >= 4 is 23.2 Å². The minimum Gasteiger partial charge on any atom is -0.493 e. The topological polar surface area (TPSA) is 73.6 Å². The van der Waals surface area contributed by atoms with Crippen LogP contribution in [0.1, 0.15) is 6.92 Å². The summed E-state index contributed by atoms with van der Waals surface area (Å²) < 4.78 is 10.2. The van der Waals surface area contributed by atoms with Crippen LogP contribution in [0.2, 0.25) is 5.02 Å². The molecule has 0 aliphatic heterocycles. The van der Waals surface area contributed by atoms with Gasteiger partial charge in [-0.3, -0.25) is 4.79 Å². The molecule has 6 heteroatoms. The number of amides is 1. The van der Waals surface area contributed by atoms with Gasteiger partial charge in [-0.05, 0) is 0 Å². The van der Waals surface area contributed by atoms with Gasteiger partial charge >= 0.3 is 0 Å². The minimum absolute atomic E-state index is 0.188. The molecule has 0 aliphatic carbocycles. The second kappa shape index (κ2) is 6.47. The van der Waals surface area contributed by atoms with Crippen molar-refractivity contribution in [1.82, 2.24) is 0 Å². The Bertz CT molecular complexity index is 438. The first-order chi connectivity index (χ1) is 8.53. The summed E-state index contributed by atoms with van der Waals surface area (Å²) in [4.78, 5) is 11.7. The van der Waals surface area contributed by atoms with E-state index in [2.05, 4.69) is 5.32 Å². The van der Waals surface area contributed by atoms with Crippen LogP contribution >= 0.6 is 11.6 Å². The molecule has 0 radical (unpaired) electrons. The number of hydrogen-bond donors (Lipinski definition) is 2. The van der Waals surface area contributed by atoms with Gasteiger partial charge in [0.15, 0.2) is 11.5 Å². The van der Waals surface area contributed by atoms with Crippen LogP contribution in [-0.2, 0) is 4.79 Å². The quantitative estimate of drug-likeness (QED) is 0.858. The molecule has 0 saturated heterocycles. The van der Waals surface area contributed by atoms with Gasteiger partial charge < -0.3 is 20.5 Å². The molecule has 1 amide bonds. The lowest BCUT2D eigenvalue weighted by Gasteiger charge is -2.14. The maximum atomic E-state index is 11.7. The number of methoxy groups -OCH3 is 2. The van der Waals surface area contributed by atoms with Crippen molar-refractivity contribution in [2.24, 2.45) is 11.7 Å². The van der Waals surface area contributed by atoms with Gasteiger partial charge in [0.05, 0.1) is 24.9 Å². The first-order valence-electron chi connectivity index (χ1n) is 5.46. The van der Waals surface area contributed by atoms with Gasteiger partial charge in [-0.2, -0.15) is 0 Å². The molecule has 0 aromatic heterocycles. The molecular formula is C12H17ClN2O3. The Hall–Kier alpha value is -1.46. The number of hydrogen-bond acceptors (Lipinski definition) is 4. The zero-order chi connectivity index (χ0) is 13.7. The maximum absolute atomic E-state index is 11.7. The molecule has 1 aromatic rings. The Kier molecular flexibility index (Phi) is 5.25. The van der Waals surface area contributed by atoms with Crippen molar-refractivity contribution in [2.75, 3.05) is 26.1 Å². The average Bonchev–Trinajstić information content (AvgIpc) is 2.39. The van der Waals surface area contributed by atoms with E-state index in [0.29, 0.717) is 22.2 Å². The third-order valence-corrected chi connectivity index (χ3v) is 2.84. The Labute approximate surface area is 111 Å². The van der Waals surface area contributed by atoms with E-state index in [1.54, 1.807) is 19.1 Å². The van der Waals surface area contributed by atoms with Crippen LogP contribution in [0.15, 0.2) is 12.1 Å². The van der Waals surface area contributed by atoms with E-state index in [1.807, 2.05) is 0 Å². The number of benzene rings is 1. The van der Waals surface area contributed by atoms with Crippen molar-refractivity contribution in [3.63, 3.8) is 0 Å². The lowest BCUT2D eigenvalue weighted by atomic mass is 10.1. The Morgan fingerprint density at radius 1 is 1.39 bits per heavy atom. The second-order valence-electron chi connectivity index (χ2n) is 3.81. The number of carbonyl (C=O) groups excluding carboxylic acids is 1. The number of rotatable bonds is 5. The normalized spacial score (nSPS) is 11.8. The van der Waals surface area contributed by atoms with Crippen LogP contribution in [-0.4, -0.2) is 26.7 Å². The van der Waals surface area contributed by atoms with Crippen LogP contribution in [0.5, 0.6) is 11.5 Å². The SMILES string of the molecule is COc1cc(Cl)c(NC(=O)C(C)CN)cc1OC. The molecule has 5 nitrogen and oxygen atoms in total.